The zero-order valence-corrected chi connectivity index (χ0v) is 11.0. The second-order valence-corrected chi connectivity index (χ2v) is 4.46. The predicted molar refractivity (Wildman–Crippen MR) is 71.0 cm³/mol. The van der Waals surface area contributed by atoms with Crippen molar-refractivity contribution in [3.05, 3.63) is 36.2 Å². The van der Waals surface area contributed by atoms with Crippen LogP contribution in [-0.4, -0.2) is 28.7 Å². The van der Waals surface area contributed by atoms with Gasteiger partial charge in [-0.3, -0.25) is 4.90 Å². The van der Waals surface area contributed by atoms with Crippen LogP contribution in [0.5, 0.6) is 0 Å². The van der Waals surface area contributed by atoms with Crippen molar-refractivity contribution in [1.82, 2.24) is 15.1 Å². The fourth-order valence-corrected chi connectivity index (χ4v) is 1.75. The monoisotopic (exact) mass is 245 g/mol. The maximum atomic E-state index is 5.66. The van der Waals surface area contributed by atoms with E-state index >= 15 is 0 Å². The second-order valence-electron chi connectivity index (χ2n) is 4.46. The molecule has 4 heteroatoms. The molecule has 0 fully saturated rings. The van der Waals surface area contributed by atoms with Crippen molar-refractivity contribution in [2.45, 2.75) is 26.3 Å². The van der Waals surface area contributed by atoms with E-state index in [0.29, 0.717) is 18.3 Å². The number of hydrogen-bond acceptors (Lipinski definition) is 4. The van der Waals surface area contributed by atoms with Crippen LogP contribution in [0.25, 0.3) is 11.5 Å². The summed E-state index contributed by atoms with van der Waals surface area (Å²) >= 11 is 0. The van der Waals surface area contributed by atoms with Crippen molar-refractivity contribution < 1.29 is 4.42 Å². The molecular weight excluding hydrogens is 226 g/mol. The van der Waals surface area contributed by atoms with E-state index in [1.165, 1.54) is 12.8 Å². The Bertz CT molecular complexity index is 467. The lowest BCUT2D eigenvalue weighted by Gasteiger charge is -2.12. The van der Waals surface area contributed by atoms with E-state index in [1.54, 1.807) is 0 Å². The van der Waals surface area contributed by atoms with Gasteiger partial charge in [-0.15, -0.1) is 10.2 Å². The molecule has 4 nitrogen and oxygen atoms in total. The highest BCUT2D eigenvalue weighted by molar-refractivity contribution is 5.51. The van der Waals surface area contributed by atoms with Crippen LogP contribution < -0.4 is 0 Å². The van der Waals surface area contributed by atoms with Gasteiger partial charge in [-0.05, 0) is 32.1 Å². The van der Waals surface area contributed by atoms with Crippen molar-refractivity contribution in [1.29, 1.82) is 0 Å². The minimum Gasteiger partial charge on any atom is -0.419 e. The first-order valence-corrected chi connectivity index (χ1v) is 6.36. The fourth-order valence-electron chi connectivity index (χ4n) is 1.75. The van der Waals surface area contributed by atoms with E-state index in [9.17, 15) is 0 Å². The molecular formula is C14H19N3O. The van der Waals surface area contributed by atoms with Gasteiger partial charge in [0.05, 0.1) is 6.54 Å². The third kappa shape index (κ3) is 3.40. The van der Waals surface area contributed by atoms with Crippen LogP contribution in [0.1, 0.15) is 25.7 Å². The normalized spacial score (nSPS) is 11.1. The summed E-state index contributed by atoms with van der Waals surface area (Å²) < 4.78 is 5.66. The number of benzene rings is 1. The molecule has 96 valence electrons. The highest BCUT2D eigenvalue weighted by atomic mass is 16.4. The largest absolute Gasteiger partial charge is 0.419 e. The Kier molecular flexibility index (Phi) is 4.47. The van der Waals surface area contributed by atoms with Gasteiger partial charge in [0.15, 0.2) is 0 Å². The molecule has 0 aliphatic rings. The SMILES string of the molecule is CCCCN(C)Cc1nnc(-c2ccccc2)o1. The maximum Gasteiger partial charge on any atom is 0.247 e. The molecule has 1 aromatic heterocycles. The number of unbranched alkanes of at least 4 members (excludes halogenated alkanes) is 1. The molecule has 0 saturated heterocycles. The Hall–Kier alpha value is -1.68. The van der Waals surface area contributed by atoms with Crippen molar-refractivity contribution in [3.63, 3.8) is 0 Å². The number of hydrogen-bond donors (Lipinski definition) is 0. The van der Waals surface area contributed by atoms with Gasteiger partial charge in [0.2, 0.25) is 11.8 Å². The maximum absolute atomic E-state index is 5.66. The van der Waals surface area contributed by atoms with Gasteiger partial charge < -0.3 is 4.42 Å². The third-order valence-electron chi connectivity index (χ3n) is 2.79. The molecule has 0 spiro atoms. The van der Waals surface area contributed by atoms with Gasteiger partial charge in [0.1, 0.15) is 0 Å². The molecule has 0 aliphatic carbocycles. The van der Waals surface area contributed by atoms with Crippen LogP contribution in [0, 0.1) is 0 Å². The van der Waals surface area contributed by atoms with E-state index in [-0.39, 0.29) is 0 Å². The molecule has 18 heavy (non-hydrogen) atoms. The zero-order chi connectivity index (χ0) is 12.8. The minimum absolute atomic E-state index is 0.592. The first-order chi connectivity index (χ1) is 8.79. The molecule has 0 radical (unpaired) electrons. The van der Waals surface area contributed by atoms with Crippen molar-refractivity contribution >= 4 is 0 Å². The van der Waals surface area contributed by atoms with E-state index < -0.39 is 0 Å². The lowest BCUT2D eigenvalue weighted by molar-refractivity contribution is 0.286. The van der Waals surface area contributed by atoms with E-state index in [4.69, 9.17) is 4.42 Å². The quantitative estimate of drug-likeness (QED) is 0.784. The number of nitrogens with zero attached hydrogens (tertiary/aromatic N) is 3. The van der Waals surface area contributed by atoms with E-state index in [1.807, 2.05) is 30.3 Å². The lowest BCUT2D eigenvalue weighted by atomic mass is 10.2. The Balaban J connectivity index is 1.98. The van der Waals surface area contributed by atoms with Gasteiger partial charge in [-0.25, -0.2) is 0 Å². The topological polar surface area (TPSA) is 42.2 Å². The van der Waals surface area contributed by atoms with E-state index in [0.717, 1.165) is 12.1 Å². The lowest BCUT2D eigenvalue weighted by Crippen LogP contribution is -2.19. The molecule has 0 bridgehead atoms. The summed E-state index contributed by atoms with van der Waals surface area (Å²) in [6.07, 6.45) is 2.39. The smallest absolute Gasteiger partial charge is 0.247 e. The Morgan fingerprint density at radius 2 is 1.94 bits per heavy atom. The zero-order valence-electron chi connectivity index (χ0n) is 11.0. The average Bonchev–Trinajstić information content (AvgIpc) is 2.86. The van der Waals surface area contributed by atoms with Crippen LogP contribution in [0.4, 0.5) is 0 Å². The molecule has 2 rings (SSSR count). The molecule has 0 saturated carbocycles. The fraction of sp³-hybridized carbons (Fsp3) is 0.429. The number of rotatable bonds is 6. The molecule has 0 N–H and O–H groups in total. The van der Waals surface area contributed by atoms with Crippen molar-refractivity contribution in [2.75, 3.05) is 13.6 Å². The van der Waals surface area contributed by atoms with Crippen LogP contribution >= 0.6 is 0 Å². The highest BCUT2D eigenvalue weighted by Crippen LogP contribution is 2.17. The van der Waals surface area contributed by atoms with Crippen LogP contribution in [-0.2, 0) is 6.54 Å². The van der Waals surface area contributed by atoms with E-state index in [2.05, 4.69) is 29.1 Å². The van der Waals surface area contributed by atoms with Crippen LogP contribution in [0.15, 0.2) is 34.7 Å². The minimum atomic E-state index is 0.592. The van der Waals surface area contributed by atoms with Gasteiger partial charge in [0, 0.05) is 5.56 Å². The first-order valence-electron chi connectivity index (χ1n) is 6.36. The molecule has 1 aromatic carbocycles. The predicted octanol–water partition coefficient (Wildman–Crippen LogP) is 2.97. The number of aromatic nitrogens is 2. The van der Waals surface area contributed by atoms with Crippen molar-refractivity contribution in [2.24, 2.45) is 0 Å². The van der Waals surface area contributed by atoms with Crippen LogP contribution in [0.2, 0.25) is 0 Å². The first kappa shape index (κ1) is 12.8. The molecule has 1 heterocycles. The van der Waals surface area contributed by atoms with Crippen LogP contribution in [0.3, 0.4) is 0 Å². The summed E-state index contributed by atoms with van der Waals surface area (Å²) in [5, 5.41) is 8.16. The standard InChI is InChI=1S/C14H19N3O/c1-3-4-10-17(2)11-13-15-16-14(18-13)12-8-6-5-7-9-12/h5-9H,3-4,10-11H2,1-2H3. The summed E-state index contributed by atoms with van der Waals surface area (Å²) in [6.45, 7) is 3.95. The molecule has 2 aromatic rings. The highest BCUT2D eigenvalue weighted by Gasteiger charge is 2.09. The molecule has 0 aliphatic heterocycles. The van der Waals surface area contributed by atoms with Gasteiger partial charge in [-0.1, -0.05) is 31.5 Å². The molecule has 0 atom stereocenters. The van der Waals surface area contributed by atoms with Crippen molar-refractivity contribution in [3.8, 4) is 11.5 Å². The van der Waals surface area contributed by atoms with Gasteiger partial charge in [-0.2, -0.15) is 0 Å². The average molecular weight is 245 g/mol. The summed E-state index contributed by atoms with van der Waals surface area (Å²) in [5.41, 5.74) is 0.965. The summed E-state index contributed by atoms with van der Waals surface area (Å²) in [5.74, 6) is 1.27. The summed E-state index contributed by atoms with van der Waals surface area (Å²) in [4.78, 5) is 2.20. The van der Waals surface area contributed by atoms with Gasteiger partial charge >= 0.3 is 0 Å². The Morgan fingerprint density at radius 1 is 1.17 bits per heavy atom. The molecule has 0 amide bonds. The Labute approximate surface area is 108 Å². The Morgan fingerprint density at radius 3 is 2.67 bits per heavy atom. The third-order valence-corrected chi connectivity index (χ3v) is 2.79. The second kappa shape index (κ2) is 6.31. The summed E-state index contributed by atoms with van der Waals surface area (Å²) in [7, 11) is 2.07. The van der Waals surface area contributed by atoms with Gasteiger partial charge in [0.25, 0.3) is 0 Å². The summed E-state index contributed by atoms with van der Waals surface area (Å²) in [6, 6.07) is 9.84. The molecule has 0 unspecified atom stereocenters.